The predicted octanol–water partition coefficient (Wildman–Crippen LogP) is 4.37. The molecule has 0 heterocycles. The molecule has 0 N–H and O–H groups in total. The molecule has 0 unspecified atom stereocenters. The quantitative estimate of drug-likeness (QED) is 0.599. The molecule has 0 atom stereocenters. The average molecular weight is 340 g/mol. The van der Waals surface area contributed by atoms with Crippen LogP contribution in [0.25, 0.3) is 0 Å². The fourth-order valence-corrected chi connectivity index (χ4v) is 3.50. The van der Waals surface area contributed by atoms with Gasteiger partial charge in [0.25, 0.3) is 0 Å². The van der Waals surface area contributed by atoms with Crippen LogP contribution in [0.5, 0.6) is 0 Å². The molecule has 2 aromatic carbocycles. The third-order valence-electron chi connectivity index (χ3n) is 4.95. The number of rotatable bonds is 5. The number of Topliss-reactive ketones (excluding diaryl/α,β-unsaturated/α-hetero) is 1. The zero-order chi connectivity index (χ0) is 17.9. The van der Waals surface area contributed by atoms with Gasteiger partial charge < -0.3 is 4.74 Å². The van der Waals surface area contributed by atoms with Gasteiger partial charge in [0.2, 0.25) is 0 Å². The van der Waals surface area contributed by atoms with Crippen LogP contribution in [0.4, 0.5) is 4.39 Å². The van der Waals surface area contributed by atoms with E-state index in [4.69, 9.17) is 4.74 Å². The van der Waals surface area contributed by atoms with Gasteiger partial charge in [0.1, 0.15) is 5.82 Å². The molecule has 0 radical (unpaired) electrons. The lowest BCUT2D eigenvalue weighted by atomic mass is 9.78. The molecule has 0 aromatic heterocycles. The van der Waals surface area contributed by atoms with E-state index in [2.05, 4.69) is 0 Å². The average Bonchev–Trinajstić information content (AvgIpc) is 3.11. The normalized spacial score (nSPS) is 15.8. The fourth-order valence-electron chi connectivity index (χ4n) is 3.50. The van der Waals surface area contributed by atoms with E-state index in [9.17, 15) is 14.0 Å². The zero-order valence-electron chi connectivity index (χ0n) is 14.3. The molecule has 4 heteroatoms. The van der Waals surface area contributed by atoms with E-state index in [0.717, 1.165) is 18.4 Å². The van der Waals surface area contributed by atoms with Crippen molar-refractivity contribution in [3.63, 3.8) is 0 Å². The first-order valence-corrected chi connectivity index (χ1v) is 8.55. The molecule has 0 spiro atoms. The number of hydrogen-bond acceptors (Lipinski definition) is 3. The van der Waals surface area contributed by atoms with Crippen LogP contribution < -0.4 is 0 Å². The van der Waals surface area contributed by atoms with Crippen molar-refractivity contribution >= 4 is 11.8 Å². The molecule has 0 amide bonds. The lowest BCUT2D eigenvalue weighted by Gasteiger charge is -2.27. The summed E-state index contributed by atoms with van der Waals surface area (Å²) in [4.78, 5) is 25.0. The van der Waals surface area contributed by atoms with Gasteiger partial charge in [-0.25, -0.2) is 4.39 Å². The highest BCUT2D eigenvalue weighted by Crippen LogP contribution is 2.43. The molecule has 0 saturated heterocycles. The number of carbonyl (C=O) groups is 2. The van der Waals surface area contributed by atoms with Gasteiger partial charge in [-0.05, 0) is 25.8 Å². The highest BCUT2D eigenvalue weighted by molar-refractivity contribution is 5.98. The second-order valence-corrected chi connectivity index (χ2v) is 6.63. The number of ether oxygens (including phenoxy) is 1. The third kappa shape index (κ3) is 3.48. The molecule has 1 aliphatic carbocycles. The molecule has 1 fully saturated rings. The summed E-state index contributed by atoms with van der Waals surface area (Å²) in [7, 11) is 0. The lowest BCUT2D eigenvalue weighted by Crippen LogP contribution is -2.36. The van der Waals surface area contributed by atoms with Crippen LogP contribution in [0, 0.1) is 12.7 Å². The number of ketones is 1. The summed E-state index contributed by atoms with van der Waals surface area (Å²) in [6.45, 7) is 1.62. The zero-order valence-corrected chi connectivity index (χ0v) is 14.3. The van der Waals surface area contributed by atoms with Crippen LogP contribution in [-0.2, 0) is 14.9 Å². The Morgan fingerprint density at radius 3 is 2.32 bits per heavy atom. The number of aryl methyl sites for hydroxylation is 1. The van der Waals surface area contributed by atoms with Crippen LogP contribution in [0.3, 0.4) is 0 Å². The van der Waals surface area contributed by atoms with E-state index in [1.807, 2.05) is 19.1 Å². The molecule has 0 aliphatic heterocycles. The molecule has 1 saturated carbocycles. The van der Waals surface area contributed by atoms with Crippen molar-refractivity contribution < 1.29 is 18.7 Å². The second kappa shape index (κ2) is 7.18. The van der Waals surface area contributed by atoms with Crippen molar-refractivity contribution in [2.24, 2.45) is 0 Å². The third-order valence-corrected chi connectivity index (χ3v) is 4.95. The molecule has 2 aromatic rings. The van der Waals surface area contributed by atoms with E-state index in [1.54, 1.807) is 30.3 Å². The van der Waals surface area contributed by atoms with Crippen LogP contribution >= 0.6 is 0 Å². The topological polar surface area (TPSA) is 43.4 Å². The van der Waals surface area contributed by atoms with Crippen LogP contribution in [0.1, 0.15) is 47.2 Å². The summed E-state index contributed by atoms with van der Waals surface area (Å²) < 4.78 is 19.6. The van der Waals surface area contributed by atoms with Crippen LogP contribution in [0.15, 0.2) is 48.5 Å². The first-order chi connectivity index (χ1) is 12.0. The summed E-state index contributed by atoms with van der Waals surface area (Å²) in [6, 6.07) is 13.4. The van der Waals surface area contributed by atoms with Gasteiger partial charge in [-0.3, -0.25) is 9.59 Å². The molecule has 25 heavy (non-hydrogen) atoms. The number of benzene rings is 2. The Morgan fingerprint density at radius 2 is 1.68 bits per heavy atom. The highest BCUT2D eigenvalue weighted by Gasteiger charge is 2.45. The maximum Gasteiger partial charge on any atom is 0.317 e. The Labute approximate surface area is 146 Å². The first-order valence-electron chi connectivity index (χ1n) is 8.55. The number of esters is 1. The fraction of sp³-hybridized carbons (Fsp3) is 0.333. The standard InChI is InChI=1S/C21H21FO3/c1-15-8-10-16(11-9-15)19(23)14-25-20(24)21(12-4-5-13-21)17-6-2-3-7-18(17)22/h2-3,6-11H,4-5,12-14H2,1H3. The van der Waals surface area contributed by atoms with Gasteiger partial charge in [0.05, 0.1) is 5.41 Å². The predicted molar refractivity (Wildman–Crippen MR) is 93.0 cm³/mol. The Hall–Kier alpha value is -2.49. The largest absolute Gasteiger partial charge is 0.457 e. The van der Waals surface area contributed by atoms with Crippen molar-refractivity contribution in [1.29, 1.82) is 0 Å². The van der Waals surface area contributed by atoms with Crippen molar-refractivity contribution in [2.75, 3.05) is 6.61 Å². The summed E-state index contributed by atoms with van der Waals surface area (Å²) in [5.41, 5.74) is 0.960. The SMILES string of the molecule is Cc1ccc(C(=O)COC(=O)C2(c3ccccc3F)CCCC2)cc1. The van der Waals surface area contributed by atoms with E-state index >= 15 is 0 Å². The Kier molecular flexibility index (Phi) is 4.98. The smallest absolute Gasteiger partial charge is 0.317 e. The van der Waals surface area contributed by atoms with Crippen LogP contribution in [0.2, 0.25) is 0 Å². The monoisotopic (exact) mass is 340 g/mol. The van der Waals surface area contributed by atoms with Crippen molar-refractivity contribution in [3.8, 4) is 0 Å². The molecule has 1 aliphatic rings. The first kappa shape index (κ1) is 17.3. The van der Waals surface area contributed by atoms with Crippen molar-refractivity contribution in [1.82, 2.24) is 0 Å². The number of halogens is 1. The molecular formula is C21H21FO3. The highest BCUT2D eigenvalue weighted by atomic mass is 19.1. The minimum Gasteiger partial charge on any atom is -0.457 e. The van der Waals surface area contributed by atoms with Crippen molar-refractivity contribution in [2.45, 2.75) is 38.0 Å². The van der Waals surface area contributed by atoms with Gasteiger partial charge in [-0.15, -0.1) is 0 Å². The Bertz CT molecular complexity index is 774. The van der Waals surface area contributed by atoms with Crippen LogP contribution in [-0.4, -0.2) is 18.4 Å². The van der Waals surface area contributed by atoms with Gasteiger partial charge in [-0.2, -0.15) is 0 Å². The maximum absolute atomic E-state index is 14.3. The Balaban J connectivity index is 1.75. The summed E-state index contributed by atoms with van der Waals surface area (Å²) in [6.07, 6.45) is 2.78. The molecule has 0 bridgehead atoms. The van der Waals surface area contributed by atoms with E-state index < -0.39 is 17.2 Å². The summed E-state index contributed by atoms with van der Waals surface area (Å²) >= 11 is 0. The van der Waals surface area contributed by atoms with Gasteiger partial charge in [0, 0.05) is 11.1 Å². The van der Waals surface area contributed by atoms with Gasteiger partial charge in [0.15, 0.2) is 12.4 Å². The van der Waals surface area contributed by atoms with E-state index in [0.29, 0.717) is 24.0 Å². The summed E-state index contributed by atoms with van der Waals surface area (Å²) in [5.74, 6) is -1.16. The second-order valence-electron chi connectivity index (χ2n) is 6.63. The molecule has 130 valence electrons. The van der Waals surface area contributed by atoms with Gasteiger partial charge >= 0.3 is 5.97 Å². The van der Waals surface area contributed by atoms with E-state index in [-0.39, 0.29) is 12.4 Å². The van der Waals surface area contributed by atoms with Crippen molar-refractivity contribution in [3.05, 3.63) is 71.0 Å². The summed E-state index contributed by atoms with van der Waals surface area (Å²) in [5, 5.41) is 0. The minimum atomic E-state index is -0.973. The molecule has 3 rings (SSSR count). The maximum atomic E-state index is 14.3. The van der Waals surface area contributed by atoms with Gasteiger partial charge in [-0.1, -0.05) is 60.9 Å². The molecule has 3 nitrogen and oxygen atoms in total. The molecular weight excluding hydrogens is 319 g/mol. The Morgan fingerprint density at radius 1 is 1.04 bits per heavy atom. The lowest BCUT2D eigenvalue weighted by molar-refractivity contribution is -0.149. The van der Waals surface area contributed by atoms with E-state index in [1.165, 1.54) is 6.07 Å². The number of carbonyl (C=O) groups excluding carboxylic acids is 2. The minimum absolute atomic E-state index is 0.255. The number of hydrogen-bond donors (Lipinski definition) is 0.